The van der Waals surface area contributed by atoms with Crippen LogP contribution in [0.1, 0.15) is 23.3 Å². The van der Waals surface area contributed by atoms with Gasteiger partial charge in [-0.15, -0.1) is 11.3 Å². The van der Waals surface area contributed by atoms with Crippen LogP contribution in [0.15, 0.2) is 9.85 Å². The summed E-state index contributed by atoms with van der Waals surface area (Å²) in [4.78, 5) is 1.47. The van der Waals surface area contributed by atoms with Gasteiger partial charge >= 0.3 is 0 Å². The van der Waals surface area contributed by atoms with Gasteiger partial charge in [0.25, 0.3) is 0 Å². The van der Waals surface area contributed by atoms with Crippen molar-refractivity contribution in [1.82, 2.24) is 0 Å². The van der Waals surface area contributed by atoms with E-state index in [-0.39, 0.29) is 0 Å². The van der Waals surface area contributed by atoms with Crippen LogP contribution in [0, 0.1) is 6.92 Å². The number of rotatable bonds is 4. The van der Waals surface area contributed by atoms with Crippen LogP contribution in [-0.2, 0) is 6.42 Å². The predicted octanol–water partition coefficient (Wildman–Crippen LogP) is 3.10. The molecule has 1 aromatic rings. The van der Waals surface area contributed by atoms with Crippen LogP contribution in [0.5, 0.6) is 0 Å². The molecule has 0 fully saturated rings. The second-order valence-electron chi connectivity index (χ2n) is 2.92. The third-order valence-electron chi connectivity index (χ3n) is 1.79. The zero-order chi connectivity index (χ0) is 8.97. The minimum absolute atomic E-state index is 0.811. The summed E-state index contributed by atoms with van der Waals surface area (Å²) in [5, 5.41) is 0. The van der Waals surface area contributed by atoms with Gasteiger partial charge in [-0.1, -0.05) is 0 Å². The van der Waals surface area contributed by atoms with E-state index in [4.69, 9.17) is 5.73 Å². The molecular formula is C9H14BrNS. The van der Waals surface area contributed by atoms with Crippen LogP contribution in [0.2, 0.25) is 0 Å². The van der Waals surface area contributed by atoms with Gasteiger partial charge < -0.3 is 5.73 Å². The molecule has 1 heterocycles. The summed E-state index contributed by atoms with van der Waals surface area (Å²) in [7, 11) is 0. The lowest BCUT2D eigenvalue weighted by Crippen LogP contribution is -1.98. The first kappa shape index (κ1) is 10.2. The Morgan fingerprint density at radius 1 is 1.50 bits per heavy atom. The molecule has 0 aliphatic carbocycles. The number of halogens is 1. The maximum atomic E-state index is 5.42. The summed E-state index contributed by atoms with van der Waals surface area (Å²) in [5.41, 5.74) is 6.77. The van der Waals surface area contributed by atoms with Crippen LogP contribution in [-0.4, -0.2) is 6.54 Å². The van der Waals surface area contributed by atoms with Crippen molar-refractivity contribution in [3.05, 3.63) is 20.3 Å². The highest BCUT2D eigenvalue weighted by atomic mass is 79.9. The second-order valence-corrected chi connectivity index (χ2v) is 5.37. The van der Waals surface area contributed by atoms with E-state index >= 15 is 0 Å². The van der Waals surface area contributed by atoms with Gasteiger partial charge in [-0.2, -0.15) is 0 Å². The van der Waals surface area contributed by atoms with E-state index in [1.54, 1.807) is 0 Å². The fraction of sp³-hybridized carbons (Fsp3) is 0.556. The normalized spacial score (nSPS) is 10.6. The minimum Gasteiger partial charge on any atom is -0.330 e. The number of unbranched alkanes of at least 4 members (excludes halogenated alkanes) is 1. The lowest BCUT2D eigenvalue weighted by Gasteiger charge is -1.94. The molecule has 1 rings (SSSR count). The minimum atomic E-state index is 0.811. The quantitative estimate of drug-likeness (QED) is 0.814. The largest absolute Gasteiger partial charge is 0.330 e. The van der Waals surface area contributed by atoms with Crippen LogP contribution in [0.25, 0.3) is 0 Å². The highest BCUT2D eigenvalue weighted by molar-refractivity contribution is 9.11. The van der Waals surface area contributed by atoms with Gasteiger partial charge in [-0.25, -0.2) is 0 Å². The highest BCUT2D eigenvalue weighted by Crippen LogP contribution is 2.28. The molecule has 0 unspecified atom stereocenters. The lowest BCUT2D eigenvalue weighted by atomic mass is 10.2. The smallest absolute Gasteiger partial charge is 0.0730 e. The summed E-state index contributed by atoms with van der Waals surface area (Å²) < 4.78 is 1.27. The van der Waals surface area contributed by atoms with Gasteiger partial charge in [0.2, 0.25) is 0 Å². The van der Waals surface area contributed by atoms with Crippen molar-refractivity contribution in [3.8, 4) is 0 Å². The Labute approximate surface area is 86.1 Å². The molecule has 0 amide bonds. The first-order valence-electron chi connectivity index (χ1n) is 4.19. The van der Waals surface area contributed by atoms with Crippen molar-refractivity contribution in [1.29, 1.82) is 0 Å². The van der Waals surface area contributed by atoms with E-state index < -0.39 is 0 Å². The number of hydrogen-bond donors (Lipinski definition) is 1. The molecule has 1 nitrogen and oxygen atoms in total. The van der Waals surface area contributed by atoms with Gasteiger partial charge in [0, 0.05) is 4.88 Å². The van der Waals surface area contributed by atoms with Crippen molar-refractivity contribution >= 4 is 27.3 Å². The molecule has 3 heteroatoms. The Bertz CT molecular complexity index is 225. The molecule has 0 saturated heterocycles. The van der Waals surface area contributed by atoms with E-state index in [1.165, 1.54) is 27.1 Å². The van der Waals surface area contributed by atoms with E-state index in [0.717, 1.165) is 13.0 Å². The second kappa shape index (κ2) is 5.00. The summed E-state index contributed by atoms with van der Waals surface area (Å²) in [6.45, 7) is 2.94. The Balaban J connectivity index is 2.42. The molecule has 0 atom stereocenters. The monoisotopic (exact) mass is 247 g/mol. The first-order valence-corrected chi connectivity index (χ1v) is 5.80. The van der Waals surface area contributed by atoms with Crippen molar-refractivity contribution in [2.75, 3.05) is 6.54 Å². The molecule has 12 heavy (non-hydrogen) atoms. The molecule has 0 radical (unpaired) electrons. The van der Waals surface area contributed by atoms with Crippen molar-refractivity contribution < 1.29 is 0 Å². The molecule has 68 valence electrons. The SMILES string of the molecule is Cc1cc(CCCCN)sc1Br. The maximum absolute atomic E-state index is 5.42. The van der Waals surface area contributed by atoms with Gasteiger partial charge in [0.05, 0.1) is 3.79 Å². The fourth-order valence-corrected chi connectivity index (χ4v) is 2.76. The van der Waals surface area contributed by atoms with Crippen LogP contribution >= 0.6 is 27.3 Å². The fourth-order valence-electron chi connectivity index (χ4n) is 1.09. The molecule has 0 aliphatic heterocycles. The standard InChI is InChI=1S/C9H14BrNS/c1-7-6-8(12-9(7)10)4-2-3-5-11/h6H,2-5,11H2,1H3. The van der Waals surface area contributed by atoms with E-state index in [0.29, 0.717) is 0 Å². The molecule has 0 saturated carbocycles. The summed E-state index contributed by atoms with van der Waals surface area (Å²) in [6.07, 6.45) is 3.52. The summed E-state index contributed by atoms with van der Waals surface area (Å²) >= 11 is 5.36. The molecular weight excluding hydrogens is 234 g/mol. The summed E-state index contributed by atoms with van der Waals surface area (Å²) in [6, 6.07) is 2.26. The zero-order valence-corrected chi connectivity index (χ0v) is 9.67. The van der Waals surface area contributed by atoms with Crippen LogP contribution in [0.3, 0.4) is 0 Å². The lowest BCUT2D eigenvalue weighted by molar-refractivity contribution is 0.751. The van der Waals surface area contributed by atoms with Gasteiger partial charge in [0.1, 0.15) is 0 Å². The molecule has 0 aliphatic rings. The van der Waals surface area contributed by atoms with E-state index in [2.05, 4.69) is 28.9 Å². The van der Waals surface area contributed by atoms with E-state index in [1.807, 2.05) is 11.3 Å². The number of hydrogen-bond acceptors (Lipinski definition) is 2. The predicted molar refractivity (Wildman–Crippen MR) is 58.7 cm³/mol. The number of thiophene rings is 1. The Kier molecular flexibility index (Phi) is 4.26. The molecule has 0 bridgehead atoms. The van der Waals surface area contributed by atoms with Crippen molar-refractivity contribution in [3.63, 3.8) is 0 Å². The van der Waals surface area contributed by atoms with Gasteiger partial charge in [-0.05, 0) is 60.3 Å². The van der Waals surface area contributed by atoms with Crippen LogP contribution < -0.4 is 5.73 Å². The average molecular weight is 248 g/mol. The number of aryl methyl sites for hydroxylation is 2. The Morgan fingerprint density at radius 3 is 2.75 bits per heavy atom. The highest BCUT2D eigenvalue weighted by Gasteiger charge is 2.01. The van der Waals surface area contributed by atoms with Crippen molar-refractivity contribution in [2.45, 2.75) is 26.2 Å². The van der Waals surface area contributed by atoms with Gasteiger partial charge in [0.15, 0.2) is 0 Å². The first-order chi connectivity index (χ1) is 5.74. The van der Waals surface area contributed by atoms with Crippen LogP contribution in [0.4, 0.5) is 0 Å². The Hall–Kier alpha value is 0.140. The average Bonchev–Trinajstić information content (AvgIpc) is 2.32. The van der Waals surface area contributed by atoms with Crippen molar-refractivity contribution in [2.24, 2.45) is 5.73 Å². The summed E-state index contributed by atoms with van der Waals surface area (Å²) in [5.74, 6) is 0. The van der Waals surface area contributed by atoms with Gasteiger partial charge in [-0.3, -0.25) is 0 Å². The van der Waals surface area contributed by atoms with E-state index in [9.17, 15) is 0 Å². The molecule has 0 aromatic carbocycles. The third-order valence-corrected chi connectivity index (χ3v) is 3.98. The number of nitrogens with two attached hydrogens (primary N) is 1. The molecule has 2 N–H and O–H groups in total. The third kappa shape index (κ3) is 2.88. The zero-order valence-electron chi connectivity index (χ0n) is 7.27. The maximum Gasteiger partial charge on any atom is 0.0730 e. The molecule has 1 aromatic heterocycles. The Morgan fingerprint density at radius 2 is 2.25 bits per heavy atom. The molecule has 0 spiro atoms. The topological polar surface area (TPSA) is 26.0 Å².